The zero-order valence-electron chi connectivity index (χ0n) is 11.0. The van der Waals surface area contributed by atoms with Crippen molar-refractivity contribution in [3.63, 3.8) is 0 Å². The van der Waals surface area contributed by atoms with Gasteiger partial charge < -0.3 is 10.6 Å². The van der Waals surface area contributed by atoms with Crippen LogP contribution in [0.5, 0.6) is 0 Å². The largest absolute Gasteiger partial charge is 0.376 e. The van der Waals surface area contributed by atoms with Crippen LogP contribution in [-0.2, 0) is 4.79 Å². The zero-order chi connectivity index (χ0) is 14.4. The topological polar surface area (TPSA) is 41.1 Å². The van der Waals surface area contributed by atoms with Crippen molar-refractivity contribution in [2.75, 3.05) is 23.4 Å². The monoisotopic (exact) mass is 290 g/mol. The van der Waals surface area contributed by atoms with E-state index in [2.05, 4.69) is 10.6 Å². The average molecular weight is 290 g/mol. The number of carbonyl (C=O) groups excluding carboxylic acids is 1. The normalized spacial score (nSPS) is 10.1. The molecular weight excluding hydrogens is 275 g/mol. The van der Waals surface area contributed by atoms with Gasteiger partial charge in [0, 0.05) is 16.3 Å². The Kier molecular flexibility index (Phi) is 5.01. The van der Waals surface area contributed by atoms with Gasteiger partial charge in [0.25, 0.3) is 0 Å². The second kappa shape index (κ2) is 6.96. The minimum absolute atomic E-state index is 0.134. The molecule has 2 rings (SSSR count). The van der Waals surface area contributed by atoms with Crippen LogP contribution in [0.2, 0.25) is 0 Å². The number of thioether (sulfide) groups is 1. The van der Waals surface area contributed by atoms with Crippen LogP contribution in [-0.4, -0.2) is 18.7 Å². The van der Waals surface area contributed by atoms with Crippen molar-refractivity contribution < 1.29 is 9.18 Å². The molecule has 0 unspecified atom stereocenters. The van der Waals surface area contributed by atoms with Gasteiger partial charge in [-0.3, -0.25) is 4.79 Å². The summed E-state index contributed by atoms with van der Waals surface area (Å²) in [5, 5.41) is 5.65. The Hall–Kier alpha value is -2.01. The van der Waals surface area contributed by atoms with Crippen molar-refractivity contribution >= 4 is 29.0 Å². The van der Waals surface area contributed by atoms with Gasteiger partial charge in [-0.1, -0.05) is 6.07 Å². The lowest BCUT2D eigenvalue weighted by molar-refractivity contribution is -0.114. The summed E-state index contributed by atoms with van der Waals surface area (Å²) in [6.45, 7) is 0.134. The number of benzene rings is 2. The smallest absolute Gasteiger partial charge is 0.243 e. The predicted octanol–water partition coefficient (Wildman–Crippen LogP) is 3.60. The van der Waals surface area contributed by atoms with Gasteiger partial charge in [-0.15, -0.1) is 11.8 Å². The van der Waals surface area contributed by atoms with Gasteiger partial charge in [0.15, 0.2) is 0 Å². The van der Waals surface area contributed by atoms with Crippen LogP contribution in [0, 0.1) is 5.82 Å². The van der Waals surface area contributed by atoms with E-state index in [4.69, 9.17) is 0 Å². The number of anilines is 2. The molecular formula is C15H15FN2OS. The van der Waals surface area contributed by atoms with Crippen LogP contribution < -0.4 is 10.6 Å². The van der Waals surface area contributed by atoms with Crippen LogP contribution in [0.15, 0.2) is 53.4 Å². The number of hydrogen-bond acceptors (Lipinski definition) is 3. The fourth-order valence-electron chi connectivity index (χ4n) is 1.66. The van der Waals surface area contributed by atoms with Gasteiger partial charge in [0.2, 0.25) is 5.91 Å². The van der Waals surface area contributed by atoms with Gasteiger partial charge in [-0.25, -0.2) is 4.39 Å². The summed E-state index contributed by atoms with van der Waals surface area (Å²) in [5.41, 5.74) is 1.33. The number of hydrogen-bond donors (Lipinski definition) is 2. The van der Waals surface area contributed by atoms with Crippen molar-refractivity contribution in [1.29, 1.82) is 0 Å². The molecule has 0 saturated heterocycles. The maximum atomic E-state index is 13.0. The molecule has 0 aliphatic rings. The molecule has 0 aromatic heterocycles. The Labute approximate surface area is 121 Å². The summed E-state index contributed by atoms with van der Waals surface area (Å²) in [6, 6.07) is 13.6. The van der Waals surface area contributed by atoms with E-state index in [1.165, 1.54) is 17.0 Å². The molecule has 2 aromatic rings. The van der Waals surface area contributed by atoms with Crippen molar-refractivity contribution in [3.05, 3.63) is 54.3 Å². The lowest BCUT2D eigenvalue weighted by Gasteiger charge is -2.08. The van der Waals surface area contributed by atoms with E-state index in [-0.39, 0.29) is 18.3 Å². The first-order valence-electron chi connectivity index (χ1n) is 6.11. The molecule has 0 fully saturated rings. The summed E-state index contributed by atoms with van der Waals surface area (Å²) in [6.07, 6.45) is 2.01. The summed E-state index contributed by atoms with van der Waals surface area (Å²) in [7, 11) is 0. The zero-order valence-corrected chi connectivity index (χ0v) is 11.8. The lowest BCUT2D eigenvalue weighted by Crippen LogP contribution is -2.21. The van der Waals surface area contributed by atoms with E-state index in [9.17, 15) is 9.18 Å². The minimum atomic E-state index is -0.372. The molecule has 20 heavy (non-hydrogen) atoms. The molecule has 0 atom stereocenters. The third kappa shape index (κ3) is 4.28. The van der Waals surface area contributed by atoms with Crippen molar-refractivity contribution in [2.24, 2.45) is 0 Å². The minimum Gasteiger partial charge on any atom is -0.376 e. The second-order valence-electron chi connectivity index (χ2n) is 4.14. The average Bonchev–Trinajstić information content (AvgIpc) is 2.46. The molecule has 0 aliphatic heterocycles. The summed E-state index contributed by atoms with van der Waals surface area (Å²) < 4.78 is 13.0. The molecule has 0 saturated carbocycles. The van der Waals surface area contributed by atoms with Gasteiger partial charge in [0.05, 0.1) is 6.54 Å². The summed E-state index contributed by atoms with van der Waals surface area (Å²) >= 11 is 1.66. The number of carbonyl (C=O) groups is 1. The molecule has 2 aromatic carbocycles. The number of nitrogens with one attached hydrogen (secondary N) is 2. The predicted molar refractivity (Wildman–Crippen MR) is 81.7 cm³/mol. The summed E-state index contributed by atoms with van der Waals surface area (Å²) in [4.78, 5) is 12.9. The highest BCUT2D eigenvalue weighted by molar-refractivity contribution is 7.98. The number of rotatable bonds is 5. The van der Waals surface area contributed by atoms with E-state index in [1.54, 1.807) is 23.9 Å². The Balaban J connectivity index is 1.85. The Morgan fingerprint density at radius 1 is 1.15 bits per heavy atom. The van der Waals surface area contributed by atoms with E-state index in [1.807, 2.05) is 30.5 Å². The van der Waals surface area contributed by atoms with Crippen LogP contribution in [0.3, 0.4) is 0 Å². The molecule has 0 heterocycles. The highest BCUT2D eigenvalue weighted by Crippen LogP contribution is 2.17. The second-order valence-corrected chi connectivity index (χ2v) is 5.02. The van der Waals surface area contributed by atoms with Crippen molar-refractivity contribution in [3.8, 4) is 0 Å². The Bertz CT molecular complexity index is 587. The standard InChI is InChI=1S/C15H15FN2OS/c1-20-14-7-5-12(6-8-14)17-10-15(19)18-13-4-2-3-11(16)9-13/h2-9,17H,10H2,1H3,(H,18,19). The third-order valence-electron chi connectivity index (χ3n) is 2.65. The van der Waals surface area contributed by atoms with Crippen LogP contribution in [0.25, 0.3) is 0 Å². The number of halogens is 1. The Morgan fingerprint density at radius 2 is 1.90 bits per heavy atom. The highest BCUT2D eigenvalue weighted by Gasteiger charge is 2.03. The molecule has 0 spiro atoms. The maximum Gasteiger partial charge on any atom is 0.243 e. The first-order valence-corrected chi connectivity index (χ1v) is 7.33. The van der Waals surface area contributed by atoms with Gasteiger partial charge in [0.1, 0.15) is 5.82 Å². The fraction of sp³-hybridized carbons (Fsp3) is 0.133. The first-order chi connectivity index (χ1) is 9.67. The fourth-order valence-corrected chi connectivity index (χ4v) is 2.07. The van der Waals surface area contributed by atoms with E-state index in [0.717, 1.165) is 5.69 Å². The maximum absolute atomic E-state index is 13.0. The third-order valence-corrected chi connectivity index (χ3v) is 3.40. The quantitative estimate of drug-likeness (QED) is 0.827. The molecule has 0 bridgehead atoms. The lowest BCUT2D eigenvalue weighted by atomic mass is 10.3. The first kappa shape index (κ1) is 14.4. The van der Waals surface area contributed by atoms with Gasteiger partial charge in [-0.2, -0.15) is 0 Å². The molecule has 0 aliphatic carbocycles. The molecule has 1 amide bonds. The van der Waals surface area contributed by atoms with E-state index >= 15 is 0 Å². The van der Waals surface area contributed by atoms with Crippen molar-refractivity contribution in [2.45, 2.75) is 4.90 Å². The van der Waals surface area contributed by atoms with Crippen molar-refractivity contribution in [1.82, 2.24) is 0 Å². The van der Waals surface area contributed by atoms with E-state index in [0.29, 0.717) is 5.69 Å². The Morgan fingerprint density at radius 3 is 2.55 bits per heavy atom. The molecule has 104 valence electrons. The summed E-state index contributed by atoms with van der Waals surface area (Å²) in [5.74, 6) is -0.590. The SMILES string of the molecule is CSc1ccc(NCC(=O)Nc2cccc(F)c2)cc1. The van der Waals surface area contributed by atoms with Crippen LogP contribution >= 0.6 is 11.8 Å². The highest BCUT2D eigenvalue weighted by atomic mass is 32.2. The molecule has 5 heteroatoms. The molecule has 2 N–H and O–H groups in total. The van der Waals surface area contributed by atoms with Crippen LogP contribution in [0.1, 0.15) is 0 Å². The van der Waals surface area contributed by atoms with Gasteiger partial charge in [-0.05, 0) is 48.7 Å². The molecule has 0 radical (unpaired) electrons. The van der Waals surface area contributed by atoms with Gasteiger partial charge >= 0.3 is 0 Å². The van der Waals surface area contributed by atoms with E-state index < -0.39 is 0 Å². The van der Waals surface area contributed by atoms with Crippen LogP contribution in [0.4, 0.5) is 15.8 Å². The molecule has 3 nitrogen and oxygen atoms in total. The number of amides is 1.